The first-order valence-corrected chi connectivity index (χ1v) is 16.0. The Balaban J connectivity index is 0.00000323. The van der Waals surface area contributed by atoms with Crippen molar-refractivity contribution in [1.29, 1.82) is 0 Å². The zero-order chi connectivity index (χ0) is 29.4. The fraction of sp³-hybridized carbons (Fsp3) is 0.686. The first-order valence-electron chi connectivity index (χ1n) is 16.0. The van der Waals surface area contributed by atoms with Crippen LogP contribution in [0.4, 0.5) is 0 Å². The third kappa shape index (κ3) is 10.1. The normalized spacial score (nSPS) is 19.4. The van der Waals surface area contributed by atoms with Crippen molar-refractivity contribution in [1.82, 2.24) is 9.80 Å². The quantitative estimate of drug-likeness (QED) is 0.0987. The predicted octanol–water partition coefficient (Wildman–Crippen LogP) is 7.21. The Morgan fingerprint density at radius 2 is 1.81 bits per heavy atom. The van der Waals surface area contributed by atoms with Gasteiger partial charge in [-0.05, 0) is 80.8 Å². The molecular weight excluding hydrogens is 583 g/mol. The number of unbranched alkanes of at least 4 members (excludes halogenated alkanes) is 2. The summed E-state index contributed by atoms with van der Waals surface area (Å²) in [6, 6.07) is 4.30. The van der Waals surface area contributed by atoms with Crippen LogP contribution in [0.15, 0.2) is 17.7 Å². The van der Waals surface area contributed by atoms with Crippen LogP contribution in [0.3, 0.4) is 0 Å². The van der Waals surface area contributed by atoms with E-state index in [0.29, 0.717) is 18.2 Å². The molecule has 0 N–H and O–H groups in total. The Bertz CT molecular complexity index is 1120. The highest BCUT2D eigenvalue weighted by Gasteiger charge is 2.39. The molecule has 1 fully saturated rings. The number of terminal acetylenes is 1. The van der Waals surface area contributed by atoms with E-state index in [1.54, 1.807) is 0 Å². The van der Waals surface area contributed by atoms with E-state index in [0.717, 1.165) is 82.9 Å². The summed E-state index contributed by atoms with van der Waals surface area (Å²) in [5.74, 6) is 4.57. The molecule has 0 saturated carbocycles. The van der Waals surface area contributed by atoms with E-state index in [1.807, 2.05) is 6.92 Å². The maximum Gasteiger partial charge on any atom is 0.314 e. The Hall–Kier alpha value is -1.75. The average molecular weight is 638 g/mol. The predicted molar refractivity (Wildman–Crippen MR) is 181 cm³/mol. The number of benzene rings is 1. The molecule has 0 amide bonds. The highest BCUT2D eigenvalue weighted by atomic mass is 35.5. The van der Waals surface area contributed by atoms with Gasteiger partial charge in [-0.15, -0.1) is 31.2 Å². The number of esters is 1. The largest absolute Gasteiger partial charge is 0.483 e. The number of morpholine rings is 1. The number of rotatable bonds is 13. The number of ether oxygens (including phenoxy) is 3. The maximum atomic E-state index is 13.5. The second kappa shape index (κ2) is 17.7. The summed E-state index contributed by atoms with van der Waals surface area (Å²) < 4.78 is 18.5. The van der Waals surface area contributed by atoms with Crippen LogP contribution in [0.1, 0.15) is 90.7 Å². The lowest BCUT2D eigenvalue weighted by Gasteiger charge is -2.42. The van der Waals surface area contributed by atoms with Gasteiger partial charge in [0.1, 0.15) is 17.1 Å². The lowest BCUT2D eigenvalue weighted by molar-refractivity contribution is -0.138. The van der Waals surface area contributed by atoms with E-state index >= 15 is 0 Å². The Morgan fingerprint density at radius 3 is 2.51 bits per heavy atom. The van der Waals surface area contributed by atoms with Crippen molar-refractivity contribution in [3.63, 3.8) is 0 Å². The van der Waals surface area contributed by atoms with Gasteiger partial charge in [0.25, 0.3) is 0 Å². The molecule has 242 valence electrons. The van der Waals surface area contributed by atoms with Crippen molar-refractivity contribution in [3.05, 3.63) is 28.8 Å². The molecule has 43 heavy (non-hydrogen) atoms. The number of nitrogens with zero attached hydrogens (tertiary/aromatic N) is 2. The molecule has 8 heteroatoms. The number of carbonyl (C=O) groups excluding carboxylic acids is 1. The molecule has 2 atom stereocenters. The molecule has 0 aromatic heterocycles. The molecular formula is C35H54Cl2N2O4. The summed E-state index contributed by atoms with van der Waals surface area (Å²) in [6.07, 6.45) is 14.5. The van der Waals surface area contributed by atoms with Crippen molar-refractivity contribution in [2.24, 2.45) is 11.8 Å². The molecule has 1 aromatic carbocycles. The Labute approximate surface area is 273 Å². The topological polar surface area (TPSA) is 51.2 Å². The van der Waals surface area contributed by atoms with Crippen molar-refractivity contribution in [2.75, 3.05) is 52.5 Å². The minimum atomic E-state index is -0.413. The summed E-state index contributed by atoms with van der Waals surface area (Å²) in [6.45, 7) is 17.4. The van der Waals surface area contributed by atoms with Crippen molar-refractivity contribution in [3.8, 4) is 23.8 Å². The van der Waals surface area contributed by atoms with Gasteiger partial charge < -0.3 is 14.2 Å². The smallest absolute Gasteiger partial charge is 0.314 e. The van der Waals surface area contributed by atoms with E-state index in [-0.39, 0.29) is 36.7 Å². The summed E-state index contributed by atoms with van der Waals surface area (Å²) >= 11 is 0. The first-order chi connectivity index (χ1) is 19.7. The molecule has 2 unspecified atom stereocenters. The SMILES string of the molecule is C#CCN1CCC2=C(C1)c1c(OC(=O)C(C)CCN3CCOCC3)cc(CCC(C)CCCCC)cc1OC2(C)C.Cl.Cl. The Morgan fingerprint density at radius 1 is 1.07 bits per heavy atom. The number of carbonyl (C=O) groups is 1. The number of halogens is 2. The fourth-order valence-electron chi connectivity index (χ4n) is 6.39. The molecule has 3 aliphatic rings. The van der Waals surface area contributed by atoms with Crippen LogP contribution in [0.25, 0.3) is 5.57 Å². The summed E-state index contributed by atoms with van der Waals surface area (Å²) in [7, 11) is 0. The number of hydrogen-bond donors (Lipinski definition) is 0. The first kappa shape index (κ1) is 37.4. The van der Waals surface area contributed by atoms with Crippen LogP contribution in [-0.2, 0) is 16.0 Å². The van der Waals surface area contributed by atoms with E-state index in [4.69, 9.17) is 20.6 Å². The molecule has 3 heterocycles. The van der Waals surface area contributed by atoms with E-state index in [9.17, 15) is 4.79 Å². The van der Waals surface area contributed by atoms with Gasteiger partial charge in [0.15, 0.2) is 0 Å². The molecule has 6 nitrogen and oxygen atoms in total. The average Bonchev–Trinajstić information content (AvgIpc) is 2.95. The minimum absolute atomic E-state index is 0. The van der Waals surface area contributed by atoms with Gasteiger partial charge in [-0.1, -0.05) is 52.4 Å². The molecule has 0 bridgehead atoms. The molecule has 4 rings (SSSR count). The zero-order valence-corrected chi connectivity index (χ0v) is 28.7. The second-order valence-corrected chi connectivity index (χ2v) is 12.9. The standard InChI is InChI=1S/C35H52N2O4.2ClH/c1-7-9-10-11-26(3)12-13-28-23-31(40-34(38)27(4)14-17-36-19-21-39-22-20-36)33-29-25-37(16-8-2)18-15-30(29)35(5,6)41-32(33)24-28;;/h2,23-24,26-27H,7,9-22,25H2,1,3-6H3;2*1H. The van der Waals surface area contributed by atoms with Gasteiger partial charge in [-0.2, -0.15) is 0 Å². The third-order valence-corrected chi connectivity index (χ3v) is 9.08. The lowest BCUT2D eigenvalue weighted by atomic mass is 9.81. The van der Waals surface area contributed by atoms with Gasteiger partial charge in [-0.25, -0.2) is 0 Å². The zero-order valence-electron chi connectivity index (χ0n) is 27.0. The van der Waals surface area contributed by atoms with Crippen molar-refractivity contribution < 1.29 is 19.0 Å². The Kier molecular flexibility index (Phi) is 15.4. The van der Waals surface area contributed by atoms with Gasteiger partial charge in [0.05, 0.1) is 31.2 Å². The molecule has 1 aromatic rings. The van der Waals surface area contributed by atoms with Crippen LogP contribution in [0.2, 0.25) is 0 Å². The maximum absolute atomic E-state index is 13.5. The van der Waals surface area contributed by atoms with Crippen molar-refractivity contribution in [2.45, 2.75) is 91.6 Å². The van der Waals surface area contributed by atoms with Gasteiger partial charge in [-0.3, -0.25) is 14.6 Å². The number of aryl methyl sites for hydroxylation is 1. The highest BCUT2D eigenvalue weighted by Crippen LogP contribution is 2.49. The van der Waals surface area contributed by atoms with Gasteiger partial charge in [0.2, 0.25) is 0 Å². The highest BCUT2D eigenvalue weighted by molar-refractivity contribution is 5.86. The van der Waals surface area contributed by atoms with E-state index in [2.05, 4.69) is 55.5 Å². The molecule has 1 saturated heterocycles. The van der Waals surface area contributed by atoms with E-state index < -0.39 is 5.60 Å². The monoisotopic (exact) mass is 636 g/mol. The molecule has 0 aliphatic carbocycles. The van der Waals surface area contributed by atoms with Crippen LogP contribution < -0.4 is 9.47 Å². The van der Waals surface area contributed by atoms with Gasteiger partial charge in [0, 0.05) is 26.2 Å². The number of hydrogen-bond acceptors (Lipinski definition) is 6. The van der Waals surface area contributed by atoms with E-state index in [1.165, 1.54) is 42.4 Å². The molecule has 3 aliphatic heterocycles. The van der Waals surface area contributed by atoms with Crippen LogP contribution in [0.5, 0.6) is 11.5 Å². The van der Waals surface area contributed by atoms with Crippen LogP contribution in [0, 0.1) is 24.2 Å². The molecule has 0 spiro atoms. The summed E-state index contributed by atoms with van der Waals surface area (Å²) in [5.41, 5.74) is 4.19. The lowest BCUT2D eigenvalue weighted by Crippen LogP contribution is -2.42. The van der Waals surface area contributed by atoms with Crippen LogP contribution >= 0.6 is 24.8 Å². The minimum Gasteiger partial charge on any atom is -0.483 e. The fourth-order valence-corrected chi connectivity index (χ4v) is 6.39. The van der Waals surface area contributed by atoms with Crippen LogP contribution in [-0.4, -0.2) is 73.9 Å². The number of fused-ring (bicyclic) bond motifs is 2. The second-order valence-electron chi connectivity index (χ2n) is 12.9. The summed E-state index contributed by atoms with van der Waals surface area (Å²) in [5, 5.41) is 0. The summed E-state index contributed by atoms with van der Waals surface area (Å²) in [4.78, 5) is 18.2. The van der Waals surface area contributed by atoms with Crippen molar-refractivity contribution >= 4 is 36.4 Å². The van der Waals surface area contributed by atoms with Gasteiger partial charge >= 0.3 is 5.97 Å². The third-order valence-electron chi connectivity index (χ3n) is 9.08. The molecule has 0 radical (unpaired) electrons.